The number of anilines is 3. The molecule has 7 aromatic rings. The molecule has 4 heteroatoms. The van der Waals surface area contributed by atoms with Crippen LogP contribution in [0.4, 0.5) is 17.1 Å². The molecule has 2 nitrogen and oxygen atoms in total. The maximum Gasteiger partial charge on any atom is 0.132 e. The summed E-state index contributed by atoms with van der Waals surface area (Å²) < 4.78 is 8.89. The highest BCUT2D eigenvalue weighted by molar-refractivity contribution is 9.10. The molecule has 0 aromatic heterocycles. The highest BCUT2D eigenvalue weighted by atomic mass is 79.9. The lowest BCUT2D eigenvalue weighted by atomic mass is 9.60. The van der Waals surface area contributed by atoms with Gasteiger partial charge < -0.3 is 9.64 Å². The molecule has 53 heavy (non-hydrogen) atoms. The lowest BCUT2D eigenvalue weighted by Gasteiger charge is -2.49. The third-order valence-corrected chi connectivity index (χ3v) is 13.6. The topological polar surface area (TPSA) is 12.5 Å². The Morgan fingerprint density at radius 3 is 1.66 bits per heavy atom. The quantitative estimate of drug-likeness (QED) is 0.164. The summed E-state index contributed by atoms with van der Waals surface area (Å²) in [6, 6.07) is 52.0. The number of rotatable bonds is 1. The van der Waals surface area contributed by atoms with Crippen LogP contribution in [0.15, 0.2) is 148 Å². The Morgan fingerprint density at radius 1 is 0.415 bits per heavy atom. The van der Waals surface area contributed by atoms with E-state index in [2.05, 4.69) is 204 Å². The molecule has 0 saturated carbocycles. The third kappa shape index (κ3) is 3.98. The van der Waals surface area contributed by atoms with Crippen LogP contribution in [0, 0.1) is 0 Å². The molecule has 4 aliphatic rings. The van der Waals surface area contributed by atoms with E-state index in [0.717, 1.165) is 42.9 Å². The third-order valence-electron chi connectivity index (χ3n) is 12.6. The van der Waals surface area contributed by atoms with Gasteiger partial charge in [0.15, 0.2) is 0 Å². The largest absolute Gasteiger partial charge is 0.457 e. The summed E-state index contributed by atoms with van der Waals surface area (Å²) in [6.45, 7) is 9.48. The highest BCUT2D eigenvalue weighted by Gasteiger charge is 2.53. The van der Waals surface area contributed by atoms with E-state index in [4.69, 9.17) is 4.74 Å². The number of hydrogen-bond acceptors (Lipinski definition) is 2. The van der Waals surface area contributed by atoms with Crippen LogP contribution in [0.1, 0.15) is 72.2 Å². The number of benzene rings is 7. The van der Waals surface area contributed by atoms with Crippen molar-refractivity contribution in [2.75, 3.05) is 4.90 Å². The van der Waals surface area contributed by atoms with Gasteiger partial charge in [-0.25, -0.2) is 0 Å². The Hall–Kier alpha value is -4.90. The number of ether oxygens (including phenoxy) is 1. The van der Waals surface area contributed by atoms with E-state index in [9.17, 15) is 0 Å². The van der Waals surface area contributed by atoms with Crippen LogP contribution in [-0.2, 0) is 16.2 Å². The van der Waals surface area contributed by atoms with E-state index in [0.29, 0.717) is 0 Å². The normalized spacial score (nSPS) is 16.7. The van der Waals surface area contributed by atoms with Gasteiger partial charge in [-0.05, 0) is 122 Å². The molecule has 256 valence electrons. The average Bonchev–Trinajstić information content (AvgIpc) is 3.52. The second kappa shape index (κ2) is 10.6. The van der Waals surface area contributed by atoms with Crippen molar-refractivity contribution in [2.45, 2.75) is 43.9 Å². The van der Waals surface area contributed by atoms with E-state index >= 15 is 0 Å². The van der Waals surface area contributed by atoms with Crippen molar-refractivity contribution < 1.29 is 4.74 Å². The van der Waals surface area contributed by atoms with E-state index in [1.54, 1.807) is 0 Å². The van der Waals surface area contributed by atoms with Crippen molar-refractivity contribution in [3.8, 4) is 33.8 Å². The zero-order chi connectivity index (χ0) is 36.0. The molecular weight excluding hydrogens is 778 g/mol. The van der Waals surface area contributed by atoms with E-state index in [1.807, 2.05) is 0 Å². The molecule has 2 aliphatic carbocycles. The SMILES string of the molecule is CC1(C)c2ccccc2-c2ccc(N3c4ccc(Br)cc4C4(c5ccccc5Oc5ccccc54)c4cc5c(cc43)C(C)(C)c3cc(Br)ccc3-5)cc21. The van der Waals surface area contributed by atoms with Crippen LogP contribution < -0.4 is 9.64 Å². The van der Waals surface area contributed by atoms with Gasteiger partial charge in [-0.15, -0.1) is 0 Å². The van der Waals surface area contributed by atoms with E-state index in [1.165, 1.54) is 61.3 Å². The Labute approximate surface area is 327 Å². The second-order valence-electron chi connectivity index (χ2n) is 16.0. The standard InChI is InChI=1S/C49H35Br2NO/c1-47(2)35-12-6-5-11-31(35)32-21-19-30(25-39(32)47)52-43-22-18-29(51)24-41(43)49(36-13-7-9-15-45(36)53-46-16-10-8-14-37(46)49)42-26-34-33-20-17-28(50)23-38(33)48(3,4)40(34)27-44(42)52/h5-27H,1-4H3. The summed E-state index contributed by atoms with van der Waals surface area (Å²) in [4.78, 5) is 2.54. The molecule has 2 aliphatic heterocycles. The molecule has 0 atom stereocenters. The molecule has 0 fully saturated rings. The molecule has 0 bridgehead atoms. The maximum absolute atomic E-state index is 6.75. The number of nitrogens with zero attached hydrogens (tertiary/aromatic N) is 1. The molecule has 0 amide bonds. The monoisotopic (exact) mass is 811 g/mol. The van der Waals surface area contributed by atoms with Gasteiger partial charge in [-0.2, -0.15) is 0 Å². The Bertz CT molecular complexity index is 2710. The van der Waals surface area contributed by atoms with Crippen LogP contribution in [0.2, 0.25) is 0 Å². The van der Waals surface area contributed by atoms with Crippen molar-refractivity contribution in [3.05, 3.63) is 193 Å². The van der Waals surface area contributed by atoms with Gasteiger partial charge >= 0.3 is 0 Å². The molecule has 0 saturated heterocycles. The number of para-hydroxylation sites is 2. The maximum atomic E-state index is 6.75. The summed E-state index contributed by atoms with van der Waals surface area (Å²) in [6.07, 6.45) is 0. The van der Waals surface area contributed by atoms with Gasteiger partial charge in [0.25, 0.3) is 0 Å². The van der Waals surface area contributed by atoms with Crippen molar-refractivity contribution in [1.82, 2.24) is 0 Å². The summed E-state index contributed by atoms with van der Waals surface area (Å²) in [5, 5.41) is 0. The molecule has 1 spiro atoms. The Kier molecular flexibility index (Phi) is 6.33. The number of halogens is 2. The smallest absolute Gasteiger partial charge is 0.132 e. The summed E-state index contributed by atoms with van der Waals surface area (Å²) in [5.74, 6) is 1.78. The molecular formula is C49H35Br2NO. The van der Waals surface area contributed by atoms with Crippen molar-refractivity contribution in [3.63, 3.8) is 0 Å². The summed E-state index contributed by atoms with van der Waals surface area (Å²) in [5.41, 5.74) is 18.0. The minimum atomic E-state index is -0.653. The molecule has 0 radical (unpaired) electrons. The minimum Gasteiger partial charge on any atom is -0.457 e. The van der Waals surface area contributed by atoms with E-state index < -0.39 is 5.41 Å². The molecule has 0 N–H and O–H groups in total. The van der Waals surface area contributed by atoms with Crippen LogP contribution in [0.25, 0.3) is 22.3 Å². The molecule has 11 rings (SSSR count). The van der Waals surface area contributed by atoms with E-state index in [-0.39, 0.29) is 10.8 Å². The van der Waals surface area contributed by atoms with Gasteiger partial charge in [-0.3, -0.25) is 0 Å². The lowest BCUT2D eigenvalue weighted by Crippen LogP contribution is -2.40. The Balaban J connectivity index is 1.29. The van der Waals surface area contributed by atoms with Crippen LogP contribution in [-0.4, -0.2) is 0 Å². The zero-order valence-corrected chi connectivity index (χ0v) is 33.1. The Morgan fingerprint density at radius 2 is 0.925 bits per heavy atom. The van der Waals surface area contributed by atoms with Crippen molar-refractivity contribution in [2.24, 2.45) is 0 Å². The van der Waals surface area contributed by atoms with Crippen LogP contribution in [0.3, 0.4) is 0 Å². The molecule has 2 heterocycles. The van der Waals surface area contributed by atoms with Crippen molar-refractivity contribution in [1.29, 1.82) is 0 Å². The van der Waals surface area contributed by atoms with Crippen LogP contribution >= 0.6 is 31.9 Å². The summed E-state index contributed by atoms with van der Waals surface area (Å²) >= 11 is 7.75. The minimum absolute atomic E-state index is 0.127. The predicted molar refractivity (Wildman–Crippen MR) is 224 cm³/mol. The summed E-state index contributed by atoms with van der Waals surface area (Å²) in [7, 11) is 0. The van der Waals surface area contributed by atoms with Gasteiger partial charge in [0.05, 0.1) is 16.8 Å². The van der Waals surface area contributed by atoms with Crippen molar-refractivity contribution >= 4 is 48.9 Å². The first-order valence-corrected chi connectivity index (χ1v) is 19.9. The van der Waals surface area contributed by atoms with Gasteiger partial charge in [0, 0.05) is 36.6 Å². The first kappa shape index (κ1) is 31.6. The number of hydrogen-bond donors (Lipinski definition) is 0. The molecule has 7 aromatic carbocycles. The second-order valence-corrected chi connectivity index (χ2v) is 17.8. The fraction of sp³-hybridized carbons (Fsp3) is 0.143. The fourth-order valence-electron chi connectivity index (χ4n) is 10.2. The first-order valence-electron chi connectivity index (χ1n) is 18.3. The average molecular weight is 814 g/mol. The number of fused-ring (bicyclic) bond motifs is 14. The highest BCUT2D eigenvalue weighted by Crippen LogP contribution is 2.65. The van der Waals surface area contributed by atoms with Gasteiger partial charge in [0.2, 0.25) is 0 Å². The van der Waals surface area contributed by atoms with Gasteiger partial charge in [0.1, 0.15) is 11.5 Å². The predicted octanol–water partition coefficient (Wildman–Crippen LogP) is 14.1. The van der Waals surface area contributed by atoms with Crippen LogP contribution in [0.5, 0.6) is 11.5 Å². The first-order chi connectivity index (χ1) is 25.6. The van der Waals surface area contributed by atoms with Gasteiger partial charge in [-0.1, -0.05) is 132 Å². The fourth-order valence-corrected chi connectivity index (χ4v) is 10.9. The molecule has 0 unspecified atom stereocenters. The lowest BCUT2D eigenvalue weighted by molar-refractivity contribution is 0.434. The zero-order valence-electron chi connectivity index (χ0n) is 29.9.